The molecule has 0 spiro atoms. The van der Waals surface area contributed by atoms with Gasteiger partial charge in [0, 0.05) is 24.8 Å². The van der Waals surface area contributed by atoms with E-state index in [1.165, 1.54) is 29.6 Å². The Bertz CT molecular complexity index is 1030. The van der Waals surface area contributed by atoms with Crippen LogP contribution in [0.1, 0.15) is 57.8 Å². The SMILES string of the molecule is C=CC(=O)NC1CCCN(S(=O)(=O)c2ccc(NC(=O)C34CC5CC(CC(C5)C3)C4)cc2)CC1. The van der Waals surface area contributed by atoms with Gasteiger partial charge in [-0.2, -0.15) is 4.31 Å². The molecule has 1 aliphatic heterocycles. The highest BCUT2D eigenvalue weighted by atomic mass is 32.2. The van der Waals surface area contributed by atoms with E-state index < -0.39 is 10.0 Å². The molecule has 6 rings (SSSR count). The number of rotatable bonds is 6. The monoisotopic (exact) mass is 485 g/mol. The van der Waals surface area contributed by atoms with Crippen molar-refractivity contribution in [1.29, 1.82) is 0 Å². The maximum atomic E-state index is 13.3. The van der Waals surface area contributed by atoms with Gasteiger partial charge in [-0.15, -0.1) is 0 Å². The quantitative estimate of drug-likeness (QED) is 0.601. The van der Waals surface area contributed by atoms with E-state index in [4.69, 9.17) is 0 Å². The van der Waals surface area contributed by atoms with Crippen LogP contribution in [0, 0.1) is 23.2 Å². The van der Waals surface area contributed by atoms with Crippen LogP contribution >= 0.6 is 0 Å². The van der Waals surface area contributed by atoms with E-state index in [2.05, 4.69) is 17.2 Å². The molecule has 4 bridgehead atoms. The Morgan fingerprint density at radius 1 is 0.971 bits per heavy atom. The maximum absolute atomic E-state index is 13.3. The number of hydrogen-bond donors (Lipinski definition) is 2. The summed E-state index contributed by atoms with van der Waals surface area (Å²) in [4.78, 5) is 25.1. The molecule has 0 aromatic heterocycles. The molecule has 1 aromatic carbocycles. The minimum absolute atomic E-state index is 0.0483. The van der Waals surface area contributed by atoms with Gasteiger partial charge in [-0.05, 0) is 106 Å². The van der Waals surface area contributed by atoms with Gasteiger partial charge in [0.2, 0.25) is 21.8 Å². The van der Waals surface area contributed by atoms with E-state index in [-0.39, 0.29) is 28.2 Å². The minimum atomic E-state index is -3.64. The largest absolute Gasteiger partial charge is 0.350 e. The molecule has 7 nitrogen and oxygen atoms in total. The van der Waals surface area contributed by atoms with E-state index in [0.717, 1.165) is 25.7 Å². The van der Waals surface area contributed by atoms with E-state index >= 15 is 0 Å². The van der Waals surface area contributed by atoms with Gasteiger partial charge >= 0.3 is 0 Å². The number of anilines is 1. The van der Waals surface area contributed by atoms with E-state index in [1.54, 1.807) is 24.3 Å². The third kappa shape index (κ3) is 4.54. The Morgan fingerprint density at radius 2 is 1.59 bits per heavy atom. The summed E-state index contributed by atoms with van der Waals surface area (Å²) in [5.74, 6) is 1.98. The second-order valence-corrected chi connectivity index (χ2v) is 12.9. The Labute approximate surface area is 202 Å². The number of amides is 2. The van der Waals surface area contributed by atoms with Gasteiger partial charge in [-0.25, -0.2) is 8.42 Å². The van der Waals surface area contributed by atoms with Gasteiger partial charge in [0.25, 0.3) is 0 Å². The average molecular weight is 486 g/mol. The van der Waals surface area contributed by atoms with Crippen molar-refractivity contribution in [3.63, 3.8) is 0 Å². The number of hydrogen-bond acceptors (Lipinski definition) is 4. The van der Waals surface area contributed by atoms with E-state index in [0.29, 0.717) is 49.4 Å². The van der Waals surface area contributed by atoms with Crippen molar-refractivity contribution >= 4 is 27.5 Å². The normalized spacial score (nSPS) is 33.2. The molecule has 8 heteroatoms. The number of nitrogens with one attached hydrogen (secondary N) is 2. The van der Waals surface area contributed by atoms with Gasteiger partial charge in [-0.1, -0.05) is 6.58 Å². The third-order valence-corrected chi connectivity index (χ3v) is 10.4. The molecule has 1 unspecified atom stereocenters. The minimum Gasteiger partial charge on any atom is -0.350 e. The van der Waals surface area contributed by atoms with Crippen LogP contribution in [-0.4, -0.2) is 43.7 Å². The Hall–Kier alpha value is -2.19. The van der Waals surface area contributed by atoms with Crippen molar-refractivity contribution in [1.82, 2.24) is 9.62 Å². The van der Waals surface area contributed by atoms with Gasteiger partial charge in [0.1, 0.15) is 0 Å². The van der Waals surface area contributed by atoms with Crippen LogP contribution in [0.3, 0.4) is 0 Å². The van der Waals surface area contributed by atoms with Crippen molar-refractivity contribution < 1.29 is 18.0 Å². The van der Waals surface area contributed by atoms with Crippen molar-refractivity contribution in [2.75, 3.05) is 18.4 Å². The summed E-state index contributed by atoms with van der Waals surface area (Å²) >= 11 is 0. The Kier molecular flexibility index (Phi) is 6.31. The number of nitrogens with zero attached hydrogens (tertiary/aromatic N) is 1. The zero-order valence-electron chi connectivity index (χ0n) is 19.7. The molecule has 2 N–H and O–H groups in total. The molecular weight excluding hydrogens is 450 g/mol. The van der Waals surface area contributed by atoms with Crippen LogP contribution in [0.25, 0.3) is 0 Å². The lowest BCUT2D eigenvalue weighted by Gasteiger charge is -2.55. The number of benzene rings is 1. The van der Waals surface area contributed by atoms with Crippen LogP contribution in [0.4, 0.5) is 5.69 Å². The Balaban J connectivity index is 1.23. The van der Waals surface area contributed by atoms with Gasteiger partial charge in [0.05, 0.1) is 10.3 Å². The fourth-order valence-electron chi connectivity index (χ4n) is 7.23. The second kappa shape index (κ2) is 9.11. The molecule has 5 fully saturated rings. The van der Waals surface area contributed by atoms with Crippen LogP contribution in [0.2, 0.25) is 0 Å². The number of carbonyl (C=O) groups excluding carboxylic acids is 2. The summed E-state index contributed by atoms with van der Waals surface area (Å²) in [5.41, 5.74) is 0.422. The molecule has 2 amide bonds. The predicted octanol–water partition coefficient (Wildman–Crippen LogP) is 3.69. The summed E-state index contributed by atoms with van der Waals surface area (Å²) in [6, 6.07) is 6.54. The van der Waals surface area contributed by atoms with Crippen LogP contribution < -0.4 is 10.6 Å². The molecule has 0 radical (unpaired) electrons. The van der Waals surface area contributed by atoms with Crippen molar-refractivity contribution in [2.24, 2.45) is 23.2 Å². The fourth-order valence-corrected chi connectivity index (χ4v) is 8.72. The zero-order valence-corrected chi connectivity index (χ0v) is 20.5. The molecule has 1 aromatic rings. The van der Waals surface area contributed by atoms with E-state index in [1.807, 2.05) is 0 Å². The molecule has 184 valence electrons. The first kappa shape index (κ1) is 23.5. The molecule has 1 heterocycles. The molecule has 34 heavy (non-hydrogen) atoms. The van der Waals surface area contributed by atoms with E-state index in [9.17, 15) is 18.0 Å². The van der Waals surface area contributed by atoms with Gasteiger partial charge in [-0.3, -0.25) is 9.59 Å². The third-order valence-electron chi connectivity index (χ3n) is 8.49. The number of sulfonamides is 1. The highest BCUT2D eigenvalue weighted by Crippen LogP contribution is 2.60. The summed E-state index contributed by atoms with van der Waals surface area (Å²) in [6.45, 7) is 4.25. The maximum Gasteiger partial charge on any atom is 0.243 e. The molecular formula is C26H35N3O4S. The molecule has 1 atom stereocenters. The average Bonchev–Trinajstić information content (AvgIpc) is 3.04. The first-order chi connectivity index (χ1) is 16.3. The highest BCUT2D eigenvalue weighted by Gasteiger charge is 2.54. The van der Waals surface area contributed by atoms with Gasteiger partial charge in [0.15, 0.2) is 0 Å². The lowest BCUT2D eigenvalue weighted by Crippen LogP contribution is -2.51. The van der Waals surface area contributed by atoms with Crippen LogP contribution in [-0.2, 0) is 19.6 Å². The molecule has 1 saturated heterocycles. The van der Waals surface area contributed by atoms with Gasteiger partial charge < -0.3 is 10.6 Å². The summed E-state index contributed by atoms with van der Waals surface area (Å²) < 4.78 is 27.9. The molecule has 4 aliphatic carbocycles. The standard InChI is InChI=1S/C26H35N3O4S/c1-2-24(30)27-21-4-3-10-29(11-9-21)34(32,33)23-7-5-22(6-8-23)28-25(31)26-15-18-12-19(16-26)14-20(13-18)17-26/h2,5-8,18-21H,1,3-4,9-17H2,(H,27,30)(H,28,31). The molecule has 4 saturated carbocycles. The summed E-state index contributed by atoms with van der Waals surface area (Å²) in [5, 5.41) is 5.98. The van der Waals surface area contributed by atoms with Crippen molar-refractivity contribution in [2.45, 2.75) is 68.7 Å². The second-order valence-electron chi connectivity index (χ2n) is 10.9. The topological polar surface area (TPSA) is 95.6 Å². The van der Waals surface area contributed by atoms with Crippen molar-refractivity contribution in [3.8, 4) is 0 Å². The smallest absolute Gasteiger partial charge is 0.243 e. The zero-order chi connectivity index (χ0) is 23.9. The summed E-state index contributed by atoms with van der Waals surface area (Å²) in [7, 11) is -3.64. The summed E-state index contributed by atoms with van der Waals surface area (Å²) in [6.07, 6.45) is 10.1. The van der Waals surface area contributed by atoms with Crippen LogP contribution in [0.15, 0.2) is 41.8 Å². The number of carbonyl (C=O) groups is 2. The molecule has 5 aliphatic rings. The predicted molar refractivity (Wildman–Crippen MR) is 130 cm³/mol. The highest BCUT2D eigenvalue weighted by molar-refractivity contribution is 7.89. The fraction of sp³-hybridized carbons (Fsp3) is 0.615. The van der Waals surface area contributed by atoms with Crippen LogP contribution in [0.5, 0.6) is 0 Å². The lowest BCUT2D eigenvalue weighted by molar-refractivity contribution is -0.140. The lowest BCUT2D eigenvalue weighted by atomic mass is 9.49. The van der Waals surface area contributed by atoms with Crippen molar-refractivity contribution in [3.05, 3.63) is 36.9 Å². The first-order valence-electron chi connectivity index (χ1n) is 12.6. The Morgan fingerprint density at radius 3 is 2.18 bits per heavy atom. The first-order valence-corrected chi connectivity index (χ1v) is 14.1.